The fourth-order valence-electron chi connectivity index (χ4n) is 5.92. The number of piperazine rings is 1. The van der Waals surface area contributed by atoms with Crippen LogP contribution in [0.3, 0.4) is 0 Å². The lowest BCUT2D eigenvalue weighted by molar-refractivity contribution is -0.155. The van der Waals surface area contributed by atoms with Crippen LogP contribution in [-0.2, 0) is 20.9 Å². The number of ether oxygens (including phenoxy) is 1. The third-order valence-electron chi connectivity index (χ3n) is 7.65. The highest BCUT2D eigenvalue weighted by Crippen LogP contribution is 2.37. The maximum absolute atomic E-state index is 13.0. The second-order valence-electron chi connectivity index (χ2n) is 9.37. The van der Waals surface area contributed by atoms with E-state index in [1.54, 1.807) is 0 Å². The molecule has 4 unspecified atom stereocenters. The van der Waals surface area contributed by atoms with Crippen molar-refractivity contribution in [2.24, 2.45) is 5.92 Å². The molecule has 3 aliphatic heterocycles. The molecule has 4 atom stereocenters. The number of amides is 2. The average molecular weight is 442 g/mol. The first-order chi connectivity index (χ1) is 15.7. The number of anilines is 1. The fourth-order valence-corrected chi connectivity index (χ4v) is 5.92. The number of carbonyl (C=O) groups excluding carboxylic acids is 2. The lowest BCUT2D eigenvalue weighted by Crippen LogP contribution is -2.68. The normalized spacial score (nSPS) is 30.7. The van der Waals surface area contributed by atoms with Gasteiger partial charge in [0, 0.05) is 56.4 Å². The summed E-state index contributed by atoms with van der Waals surface area (Å²) in [7, 11) is 0. The zero-order valence-electron chi connectivity index (χ0n) is 19.0. The van der Waals surface area contributed by atoms with Gasteiger partial charge in [0.15, 0.2) is 0 Å². The fraction of sp³-hybridized carbons (Fsp3) is 0.667. The molecule has 1 saturated carbocycles. The van der Waals surface area contributed by atoms with E-state index in [-0.39, 0.29) is 29.8 Å². The van der Waals surface area contributed by atoms with Crippen molar-refractivity contribution in [3.8, 4) is 0 Å². The van der Waals surface area contributed by atoms with Crippen molar-refractivity contribution in [1.82, 2.24) is 20.7 Å². The van der Waals surface area contributed by atoms with Gasteiger partial charge < -0.3 is 19.9 Å². The van der Waals surface area contributed by atoms with E-state index < -0.39 is 0 Å². The van der Waals surface area contributed by atoms with E-state index in [0.717, 1.165) is 64.1 Å². The minimum Gasteiger partial charge on any atom is -0.378 e. The number of hydrogen-bond acceptors (Lipinski definition) is 6. The van der Waals surface area contributed by atoms with Gasteiger partial charge >= 0.3 is 0 Å². The summed E-state index contributed by atoms with van der Waals surface area (Å²) in [6.07, 6.45) is 3.45. The van der Waals surface area contributed by atoms with Gasteiger partial charge in [-0.15, -0.1) is 0 Å². The predicted molar refractivity (Wildman–Crippen MR) is 122 cm³/mol. The number of carbonyl (C=O) groups is 2. The Labute approximate surface area is 190 Å². The van der Waals surface area contributed by atoms with Crippen molar-refractivity contribution in [3.63, 3.8) is 0 Å². The Morgan fingerprint density at radius 3 is 2.66 bits per heavy atom. The third-order valence-corrected chi connectivity index (χ3v) is 7.65. The van der Waals surface area contributed by atoms with Crippen molar-refractivity contribution >= 4 is 17.5 Å². The highest BCUT2D eigenvalue weighted by atomic mass is 16.5. The molecule has 2 N–H and O–H groups in total. The molecule has 4 aliphatic rings. The molecule has 0 radical (unpaired) electrons. The Bertz CT molecular complexity index is 825. The quantitative estimate of drug-likeness (QED) is 0.713. The van der Waals surface area contributed by atoms with Crippen molar-refractivity contribution < 1.29 is 14.3 Å². The number of likely N-dealkylation sites (N-methyl/N-ethyl adjacent to an activating group) is 1. The van der Waals surface area contributed by atoms with Gasteiger partial charge in [-0.2, -0.15) is 0 Å². The molecule has 1 aromatic carbocycles. The lowest BCUT2D eigenvalue weighted by Gasteiger charge is -2.51. The van der Waals surface area contributed by atoms with Crippen molar-refractivity contribution in [2.45, 2.75) is 57.3 Å². The smallest absolute Gasteiger partial charge is 0.241 e. The summed E-state index contributed by atoms with van der Waals surface area (Å²) in [4.78, 5) is 30.3. The van der Waals surface area contributed by atoms with Crippen molar-refractivity contribution in [2.75, 3.05) is 44.3 Å². The zero-order valence-corrected chi connectivity index (χ0v) is 19.0. The van der Waals surface area contributed by atoms with Gasteiger partial charge in [-0.3, -0.25) is 15.0 Å². The molecular formula is C24H35N5O3. The maximum Gasteiger partial charge on any atom is 0.241 e. The van der Waals surface area contributed by atoms with Crippen LogP contribution in [0.1, 0.15) is 38.2 Å². The first-order valence-corrected chi connectivity index (χ1v) is 12.2. The highest BCUT2D eigenvalue weighted by Gasteiger charge is 2.50. The molecule has 4 fully saturated rings. The van der Waals surface area contributed by atoms with Gasteiger partial charge in [0.25, 0.3) is 0 Å². The van der Waals surface area contributed by atoms with Gasteiger partial charge in [-0.25, -0.2) is 5.01 Å². The molecule has 1 aliphatic carbocycles. The van der Waals surface area contributed by atoms with Crippen molar-refractivity contribution in [1.29, 1.82) is 0 Å². The van der Waals surface area contributed by atoms with Crippen LogP contribution in [0.2, 0.25) is 0 Å². The van der Waals surface area contributed by atoms with E-state index in [9.17, 15) is 9.59 Å². The topological polar surface area (TPSA) is 77.2 Å². The molecule has 0 bridgehead atoms. The number of nitrogens with zero attached hydrogens (tertiary/aromatic N) is 3. The van der Waals surface area contributed by atoms with Crippen LogP contribution in [0.4, 0.5) is 5.69 Å². The summed E-state index contributed by atoms with van der Waals surface area (Å²) in [5.74, 6) is 0.297. The number of morpholine rings is 1. The summed E-state index contributed by atoms with van der Waals surface area (Å²) < 4.78 is 5.42. The van der Waals surface area contributed by atoms with Crippen LogP contribution in [0, 0.1) is 5.92 Å². The van der Waals surface area contributed by atoms with E-state index in [1.165, 1.54) is 5.69 Å². The van der Waals surface area contributed by atoms with Crippen LogP contribution in [0.25, 0.3) is 0 Å². The number of nitrogens with one attached hydrogen (secondary N) is 2. The molecule has 32 heavy (non-hydrogen) atoms. The molecule has 2 amide bonds. The number of fused-ring (bicyclic) bond motifs is 3. The van der Waals surface area contributed by atoms with Crippen LogP contribution in [0.5, 0.6) is 0 Å². The predicted octanol–water partition coefficient (Wildman–Crippen LogP) is 1.12. The van der Waals surface area contributed by atoms with Gasteiger partial charge in [0.2, 0.25) is 11.8 Å². The minimum absolute atomic E-state index is 0.0259. The Kier molecular flexibility index (Phi) is 6.35. The SMILES string of the molecule is CCN1C(=O)C2CCNN2C2CCC(C(=O)NCc3ccc(N4CCOCC4)cc3)CC21. The van der Waals surface area contributed by atoms with Gasteiger partial charge in [0.1, 0.15) is 6.04 Å². The lowest BCUT2D eigenvalue weighted by atomic mass is 9.78. The first kappa shape index (κ1) is 21.7. The summed E-state index contributed by atoms with van der Waals surface area (Å²) in [6, 6.07) is 8.86. The van der Waals surface area contributed by atoms with Crippen molar-refractivity contribution in [3.05, 3.63) is 29.8 Å². The Hall–Kier alpha value is -2.16. The second kappa shape index (κ2) is 9.37. The van der Waals surface area contributed by atoms with Gasteiger partial charge in [-0.05, 0) is 50.3 Å². The van der Waals surface area contributed by atoms with E-state index >= 15 is 0 Å². The summed E-state index contributed by atoms with van der Waals surface area (Å²) in [5, 5.41) is 5.35. The second-order valence-corrected chi connectivity index (χ2v) is 9.37. The van der Waals surface area contributed by atoms with Gasteiger partial charge in [0.05, 0.1) is 13.2 Å². The molecule has 0 aromatic heterocycles. The maximum atomic E-state index is 13.0. The largest absolute Gasteiger partial charge is 0.378 e. The Balaban J connectivity index is 1.17. The number of benzene rings is 1. The molecule has 0 spiro atoms. The van der Waals surface area contributed by atoms with Gasteiger partial charge in [-0.1, -0.05) is 12.1 Å². The van der Waals surface area contributed by atoms with E-state index in [2.05, 4.69) is 51.8 Å². The van der Waals surface area contributed by atoms with Crippen LogP contribution >= 0.6 is 0 Å². The molecule has 3 saturated heterocycles. The van der Waals surface area contributed by atoms with Crippen LogP contribution in [0.15, 0.2) is 24.3 Å². The Morgan fingerprint density at radius 2 is 1.91 bits per heavy atom. The number of hydrazine groups is 1. The molecule has 1 aromatic rings. The van der Waals surface area contributed by atoms with Crippen LogP contribution < -0.4 is 15.6 Å². The third kappa shape index (κ3) is 4.11. The highest BCUT2D eigenvalue weighted by molar-refractivity contribution is 5.84. The summed E-state index contributed by atoms with van der Waals surface area (Å²) in [5.41, 5.74) is 5.74. The average Bonchev–Trinajstić information content (AvgIpc) is 3.34. The molecule has 5 rings (SSSR count). The first-order valence-electron chi connectivity index (χ1n) is 12.2. The minimum atomic E-state index is -0.0372. The molecule has 3 heterocycles. The van der Waals surface area contributed by atoms with Crippen LogP contribution in [-0.4, -0.2) is 79.2 Å². The standard InChI is InChI=1S/C24H35N5O3/c1-2-28-22-15-18(5-8-20(22)29-21(24(28)31)9-10-26-29)23(30)25-16-17-3-6-19(7-4-17)27-11-13-32-14-12-27/h3-4,6-7,18,20-22,26H,2,5,8-16H2,1H3,(H,25,30). The zero-order chi connectivity index (χ0) is 22.1. The molecular weight excluding hydrogens is 406 g/mol. The molecule has 8 nitrogen and oxygen atoms in total. The summed E-state index contributed by atoms with van der Waals surface area (Å²) in [6.45, 7) is 7.57. The van der Waals surface area contributed by atoms with E-state index in [1.807, 2.05) is 4.90 Å². The molecule has 174 valence electrons. The summed E-state index contributed by atoms with van der Waals surface area (Å²) >= 11 is 0. The number of rotatable bonds is 5. The Morgan fingerprint density at radius 1 is 1.12 bits per heavy atom. The van der Waals surface area contributed by atoms with E-state index in [0.29, 0.717) is 19.1 Å². The molecule has 8 heteroatoms. The number of hydrogen-bond donors (Lipinski definition) is 2. The monoisotopic (exact) mass is 441 g/mol. The van der Waals surface area contributed by atoms with E-state index in [4.69, 9.17) is 4.74 Å².